The van der Waals surface area contributed by atoms with Gasteiger partial charge in [-0.1, -0.05) is 48.5 Å². The molecule has 0 amide bonds. The number of imidazole rings is 1. The summed E-state index contributed by atoms with van der Waals surface area (Å²) in [5.74, 6) is 0.358. The van der Waals surface area contributed by atoms with Crippen LogP contribution < -0.4 is 16.7 Å². The molecule has 0 aliphatic carbocycles. The van der Waals surface area contributed by atoms with Gasteiger partial charge in [-0.15, -0.1) is 0 Å². The summed E-state index contributed by atoms with van der Waals surface area (Å²) < 4.78 is 4.22. The van der Waals surface area contributed by atoms with Crippen LogP contribution in [0.2, 0.25) is 0 Å². The summed E-state index contributed by atoms with van der Waals surface area (Å²) in [6.45, 7) is 0.371. The van der Waals surface area contributed by atoms with E-state index in [1.807, 2.05) is 54.6 Å². The fourth-order valence-electron chi connectivity index (χ4n) is 3.90. The second-order valence-corrected chi connectivity index (χ2v) is 7.69. The molecule has 0 spiro atoms. The van der Waals surface area contributed by atoms with Gasteiger partial charge in [0.1, 0.15) is 0 Å². The summed E-state index contributed by atoms with van der Waals surface area (Å²) in [6, 6.07) is 17.8. The molecule has 0 aliphatic rings. The molecular weight excluding hydrogens is 418 g/mol. The first kappa shape index (κ1) is 20.4. The van der Waals surface area contributed by atoms with Gasteiger partial charge in [0.15, 0.2) is 11.2 Å². The number of benzene rings is 2. The minimum Gasteiger partial charge on any atom is -0.298 e. The molecule has 0 aliphatic heterocycles. The molecule has 33 heavy (non-hydrogen) atoms. The molecule has 0 unspecified atom stereocenters. The summed E-state index contributed by atoms with van der Waals surface area (Å²) in [6.07, 6.45) is 4.99. The predicted molar refractivity (Wildman–Crippen MR) is 129 cm³/mol. The lowest BCUT2D eigenvalue weighted by Gasteiger charge is -2.11. The van der Waals surface area contributed by atoms with Gasteiger partial charge < -0.3 is 0 Å². The number of fused-ring (bicyclic) bond motifs is 2. The summed E-state index contributed by atoms with van der Waals surface area (Å²) >= 11 is 0. The van der Waals surface area contributed by atoms with Crippen LogP contribution in [0.4, 0.5) is 5.95 Å². The van der Waals surface area contributed by atoms with E-state index >= 15 is 0 Å². The summed E-state index contributed by atoms with van der Waals surface area (Å²) in [4.78, 5) is 34.2. The van der Waals surface area contributed by atoms with Crippen molar-refractivity contribution in [2.75, 3.05) is 5.43 Å². The van der Waals surface area contributed by atoms with Crippen LogP contribution in [0.3, 0.4) is 0 Å². The number of nitrogens with one attached hydrogen (secondary N) is 1. The largest absolute Gasteiger partial charge is 0.332 e. The lowest BCUT2D eigenvalue weighted by atomic mass is 10.0. The Morgan fingerprint density at radius 3 is 2.64 bits per heavy atom. The van der Waals surface area contributed by atoms with Gasteiger partial charge in [-0.25, -0.2) is 10.2 Å². The molecule has 3 aromatic heterocycles. The van der Waals surface area contributed by atoms with E-state index < -0.39 is 11.2 Å². The van der Waals surface area contributed by atoms with Crippen molar-refractivity contribution in [2.45, 2.75) is 6.54 Å². The second kappa shape index (κ2) is 8.19. The smallest absolute Gasteiger partial charge is 0.298 e. The number of rotatable bonds is 5. The Labute approximate surface area is 188 Å². The molecule has 3 heterocycles. The van der Waals surface area contributed by atoms with Gasteiger partial charge in [-0.3, -0.25) is 23.5 Å². The SMILES string of the molecule is Cn1c(=O)c2c(nc(N/N=C\c3cccnc3)n2Cc2cccc3ccccc23)n(C)c1=O. The molecule has 9 nitrogen and oxygen atoms in total. The van der Waals surface area contributed by atoms with E-state index in [0.717, 1.165) is 26.5 Å². The van der Waals surface area contributed by atoms with Gasteiger partial charge in [0.05, 0.1) is 12.8 Å². The maximum absolute atomic E-state index is 13.1. The number of hydrazone groups is 1. The Kier molecular flexibility index (Phi) is 5.06. The Bertz CT molecular complexity index is 1620. The lowest BCUT2D eigenvalue weighted by Crippen LogP contribution is -2.37. The quantitative estimate of drug-likeness (QED) is 0.335. The molecule has 9 heteroatoms. The number of aryl methyl sites for hydroxylation is 1. The average Bonchev–Trinajstić information content (AvgIpc) is 3.20. The Morgan fingerprint density at radius 1 is 1.00 bits per heavy atom. The van der Waals surface area contributed by atoms with Gasteiger partial charge in [0.2, 0.25) is 5.95 Å². The third-order valence-corrected chi connectivity index (χ3v) is 5.62. The fraction of sp³-hybridized carbons (Fsp3) is 0.125. The number of aromatic nitrogens is 5. The van der Waals surface area contributed by atoms with Crippen molar-refractivity contribution in [1.82, 2.24) is 23.7 Å². The van der Waals surface area contributed by atoms with Gasteiger partial charge in [-0.05, 0) is 22.4 Å². The highest BCUT2D eigenvalue weighted by Gasteiger charge is 2.19. The van der Waals surface area contributed by atoms with Crippen LogP contribution in [0, 0.1) is 0 Å². The summed E-state index contributed by atoms with van der Waals surface area (Å²) in [7, 11) is 3.06. The molecule has 164 valence electrons. The van der Waals surface area contributed by atoms with Crippen LogP contribution in [0.15, 0.2) is 81.7 Å². The van der Waals surface area contributed by atoms with E-state index in [1.165, 1.54) is 11.6 Å². The molecule has 0 fully saturated rings. The molecule has 0 saturated carbocycles. The number of hydrogen-bond acceptors (Lipinski definition) is 6. The van der Waals surface area contributed by atoms with Crippen LogP contribution >= 0.6 is 0 Å². The second-order valence-electron chi connectivity index (χ2n) is 7.69. The maximum Gasteiger partial charge on any atom is 0.332 e. The van der Waals surface area contributed by atoms with Crippen molar-refractivity contribution in [3.05, 3.63) is 99.0 Å². The molecular formula is C24H21N7O2. The van der Waals surface area contributed by atoms with Gasteiger partial charge in [0, 0.05) is 32.1 Å². The highest BCUT2D eigenvalue weighted by atomic mass is 16.2. The molecule has 0 bridgehead atoms. The van der Waals surface area contributed by atoms with Crippen LogP contribution in [0.5, 0.6) is 0 Å². The molecule has 1 N–H and O–H groups in total. The maximum atomic E-state index is 13.1. The van der Waals surface area contributed by atoms with E-state index in [2.05, 4.69) is 20.5 Å². The number of hydrogen-bond donors (Lipinski definition) is 1. The van der Waals surface area contributed by atoms with E-state index in [0.29, 0.717) is 23.7 Å². The topological polar surface area (TPSA) is 99.1 Å². The molecule has 0 radical (unpaired) electrons. The van der Waals surface area contributed by atoms with E-state index in [-0.39, 0.29) is 0 Å². The van der Waals surface area contributed by atoms with E-state index in [9.17, 15) is 9.59 Å². The fourth-order valence-corrected chi connectivity index (χ4v) is 3.90. The minimum absolute atomic E-state index is 0.294. The van der Waals surface area contributed by atoms with Crippen molar-refractivity contribution in [3.8, 4) is 0 Å². The van der Waals surface area contributed by atoms with Gasteiger partial charge >= 0.3 is 5.69 Å². The van der Waals surface area contributed by atoms with Crippen LogP contribution in [0.25, 0.3) is 21.9 Å². The van der Waals surface area contributed by atoms with Crippen molar-refractivity contribution in [3.63, 3.8) is 0 Å². The van der Waals surface area contributed by atoms with Gasteiger partial charge in [0.25, 0.3) is 5.56 Å². The van der Waals surface area contributed by atoms with Crippen LogP contribution in [-0.2, 0) is 20.6 Å². The van der Waals surface area contributed by atoms with Crippen molar-refractivity contribution in [2.24, 2.45) is 19.2 Å². The number of nitrogens with zero attached hydrogens (tertiary/aromatic N) is 6. The monoisotopic (exact) mass is 439 g/mol. The van der Waals surface area contributed by atoms with E-state index in [1.54, 1.807) is 30.2 Å². The predicted octanol–water partition coefficient (Wildman–Crippen LogP) is 2.48. The normalized spacial score (nSPS) is 11.6. The van der Waals surface area contributed by atoms with Crippen LogP contribution in [-0.4, -0.2) is 29.9 Å². The first-order chi connectivity index (χ1) is 16.0. The highest BCUT2D eigenvalue weighted by molar-refractivity contribution is 5.86. The zero-order valence-corrected chi connectivity index (χ0v) is 18.1. The molecule has 2 aromatic carbocycles. The number of pyridine rings is 1. The zero-order valence-electron chi connectivity index (χ0n) is 18.1. The molecule has 0 atom stereocenters. The van der Waals surface area contributed by atoms with Crippen molar-refractivity contribution < 1.29 is 0 Å². The lowest BCUT2D eigenvalue weighted by molar-refractivity contribution is 0.703. The third kappa shape index (κ3) is 3.59. The Morgan fingerprint density at radius 2 is 1.82 bits per heavy atom. The van der Waals surface area contributed by atoms with Crippen LogP contribution in [0.1, 0.15) is 11.1 Å². The zero-order chi connectivity index (χ0) is 22.9. The Balaban J connectivity index is 1.67. The molecule has 0 saturated heterocycles. The van der Waals surface area contributed by atoms with E-state index in [4.69, 9.17) is 0 Å². The average molecular weight is 439 g/mol. The molecule has 5 rings (SSSR count). The first-order valence-electron chi connectivity index (χ1n) is 10.4. The standard InChI is InChI=1S/C24H21N7O2/c1-29-21-20(22(32)30(2)24(29)33)31(15-18-10-5-9-17-8-3-4-11-19(17)18)23(27-21)28-26-14-16-7-6-12-25-13-16/h3-14H,15H2,1-2H3,(H,27,28)/b26-14-. The minimum atomic E-state index is -0.437. The third-order valence-electron chi connectivity index (χ3n) is 5.62. The Hall–Kier alpha value is -4.53. The summed E-state index contributed by atoms with van der Waals surface area (Å²) in [5.41, 5.74) is 4.54. The highest BCUT2D eigenvalue weighted by Crippen LogP contribution is 2.23. The van der Waals surface area contributed by atoms with Crippen molar-refractivity contribution in [1.29, 1.82) is 0 Å². The first-order valence-corrected chi connectivity index (χ1v) is 10.4. The van der Waals surface area contributed by atoms with Crippen molar-refractivity contribution >= 4 is 34.1 Å². The number of anilines is 1. The van der Waals surface area contributed by atoms with Gasteiger partial charge in [-0.2, -0.15) is 10.1 Å². The molecule has 5 aromatic rings. The summed E-state index contributed by atoms with van der Waals surface area (Å²) in [5, 5.41) is 6.46.